The van der Waals surface area contributed by atoms with E-state index in [0.29, 0.717) is 6.54 Å². The third-order valence-corrected chi connectivity index (χ3v) is 4.16. The normalized spacial score (nSPS) is 12.4. The van der Waals surface area contributed by atoms with Crippen molar-refractivity contribution in [2.24, 2.45) is 11.7 Å². The second-order valence-electron chi connectivity index (χ2n) is 6.22. The van der Waals surface area contributed by atoms with Crippen LogP contribution in [-0.4, -0.2) is 18.5 Å². The van der Waals surface area contributed by atoms with Gasteiger partial charge in [-0.15, -0.1) is 0 Å². The molecule has 122 valence electrons. The smallest absolute Gasteiger partial charge is 0.237 e. The first kappa shape index (κ1) is 17.2. The molecule has 3 heteroatoms. The molecule has 23 heavy (non-hydrogen) atoms. The van der Waals surface area contributed by atoms with Gasteiger partial charge in [0.2, 0.25) is 5.91 Å². The lowest BCUT2D eigenvalue weighted by molar-refractivity contribution is -0.123. The van der Waals surface area contributed by atoms with Crippen LogP contribution in [0.4, 0.5) is 0 Å². The minimum Gasteiger partial charge on any atom is -0.355 e. The molecule has 0 aliphatic rings. The van der Waals surface area contributed by atoms with Crippen LogP contribution >= 0.6 is 0 Å². The Hall–Kier alpha value is -2.13. The minimum absolute atomic E-state index is 0.0696. The zero-order chi connectivity index (χ0) is 16.7. The predicted molar refractivity (Wildman–Crippen MR) is 95.2 cm³/mol. The summed E-state index contributed by atoms with van der Waals surface area (Å²) in [6.45, 7) is 4.54. The molecule has 3 nitrogen and oxygen atoms in total. The van der Waals surface area contributed by atoms with Crippen molar-refractivity contribution in [3.05, 3.63) is 71.8 Å². The van der Waals surface area contributed by atoms with Gasteiger partial charge in [-0.3, -0.25) is 4.79 Å². The van der Waals surface area contributed by atoms with Crippen molar-refractivity contribution in [2.75, 3.05) is 6.54 Å². The molecule has 1 amide bonds. The average molecular weight is 310 g/mol. The highest BCUT2D eigenvalue weighted by Gasteiger charge is 2.18. The summed E-state index contributed by atoms with van der Waals surface area (Å²) >= 11 is 0. The van der Waals surface area contributed by atoms with E-state index in [9.17, 15) is 4.79 Å². The van der Waals surface area contributed by atoms with E-state index in [2.05, 4.69) is 53.8 Å². The maximum Gasteiger partial charge on any atom is 0.237 e. The first-order valence-corrected chi connectivity index (χ1v) is 8.22. The summed E-state index contributed by atoms with van der Waals surface area (Å²) in [6, 6.07) is 20.4. The van der Waals surface area contributed by atoms with Gasteiger partial charge in [-0.2, -0.15) is 0 Å². The maximum atomic E-state index is 12.0. The number of amides is 1. The number of nitrogens with two attached hydrogens (primary N) is 1. The largest absolute Gasteiger partial charge is 0.355 e. The maximum absolute atomic E-state index is 12.0. The van der Waals surface area contributed by atoms with Crippen LogP contribution in [0, 0.1) is 5.92 Å². The Balaban J connectivity index is 2.04. The minimum atomic E-state index is -0.443. The first-order chi connectivity index (χ1) is 11.1. The fourth-order valence-corrected chi connectivity index (χ4v) is 2.66. The molecule has 0 spiro atoms. The Bertz CT molecular complexity index is 556. The van der Waals surface area contributed by atoms with Gasteiger partial charge < -0.3 is 11.1 Å². The summed E-state index contributed by atoms with van der Waals surface area (Å²) in [6.07, 6.45) is 0.852. The van der Waals surface area contributed by atoms with Gasteiger partial charge in [-0.05, 0) is 23.5 Å². The number of nitrogens with one attached hydrogen (secondary N) is 1. The summed E-state index contributed by atoms with van der Waals surface area (Å²) in [5.74, 6) is 0.349. The lowest BCUT2D eigenvalue weighted by Crippen LogP contribution is -2.44. The number of hydrogen-bond donors (Lipinski definition) is 2. The van der Waals surface area contributed by atoms with Crippen molar-refractivity contribution in [1.29, 1.82) is 0 Å². The van der Waals surface area contributed by atoms with Crippen LogP contribution in [-0.2, 0) is 4.79 Å². The molecule has 0 aromatic heterocycles. The van der Waals surface area contributed by atoms with Crippen molar-refractivity contribution >= 4 is 5.91 Å². The van der Waals surface area contributed by atoms with E-state index >= 15 is 0 Å². The summed E-state index contributed by atoms with van der Waals surface area (Å²) in [4.78, 5) is 12.0. The fourth-order valence-electron chi connectivity index (χ4n) is 2.66. The van der Waals surface area contributed by atoms with E-state index < -0.39 is 6.04 Å². The Morgan fingerprint density at radius 3 is 1.87 bits per heavy atom. The standard InChI is InChI=1S/C20H26N2O/c1-15(2)19(21)20(23)22-14-13-18(16-9-5-3-6-10-16)17-11-7-4-8-12-17/h3-12,15,18-19H,13-14,21H2,1-2H3,(H,22,23)/t19-/m0/s1. The quantitative estimate of drug-likeness (QED) is 0.824. The molecule has 1 atom stereocenters. The van der Waals surface area contributed by atoms with E-state index in [4.69, 9.17) is 5.73 Å². The second-order valence-corrected chi connectivity index (χ2v) is 6.22. The van der Waals surface area contributed by atoms with Gasteiger partial charge in [0, 0.05) is 12.5 Å². The van der Waals surface area contributed by atoms with Gasteiger partial charge in [-0.1, -0.05) is 74.5 Å². The molecule has 3 N–H and O–H groups in total. The van der Waals surface area contributed by atoms with E-state index in [-0.39, 0.29) is 17.7 Å². The number of hydrogen-bond acceptors (Lipinski definition) is 2. The molecule has 0 bridgehead atoms. The van der Waals surface area contributed by atoms with Crippen LogP contribution in [0.1, 0.15) is 37.3 Å². The molecule has 2 rings (SSSR count). The fraction of sp³-hybridized carbons (Fsp3) is 0.350. The lowest BCUT2D eigenvalue weighted by Gasteiger charge is -2.20. The molecule has 0 heterocycles. The highest BCUT2D eigenvalue weighted by molar-refractivity contribution is 5.81. The van der Waals surface area contributed by atoms with E-state index in [1.54, 1.807) is 0 Å². The third kappa shape index (κ3) is 4.93. The zero-order valence-corrected chi connectivity index (χ0v) is 13.9. The summed E-state index contributed by atoms with van der Waals surface area (Å²) < 4.78 is 0. The van der Waals surface area contributed by atoms with Crippen LogP contribution in [0.2, 0.25) is 0 Å². The first-order valence-electron chi connectivity index (χ1n) is 8.22. The van der Waals surface area contributed by atoms with Gasteiger partial charge in [0.15, 0.2) is 0 Å². The Labute approximate surface area is 138 Å². The molecule has 0 saturated heterocycles. The summed E-state index contributed by atoms with van der Waals surface area (Å²) in [5.41, 5.74) is 8.42. The molecule has 0 radical (unpaired) electrons. The number of benzene rings is 2. The molecule has 0 fully saturated rings. The monoisotopic (exact) mass is 310 g/mol. The Morgan fingerprint density at radius 1 is 0.957 bits per heavy atom. The van der Waals surface area contributed by atoms with Gasteiger partial charge in [0.1, 0.15) is 0 Å². The molecule has 0 aliphatic carbocycles. The summed E-state index contributed by atoms with van der Waals surface area (Å²) in [7, 11) is 0. The second kappa shape index (κ2) is 8.49. The average Bonchev–Trinajstić information content (AvgIpc) is 2.59. The van der Waals surface area contributed by atoms with Crippen molar-refractivity contribution in [2.45, 2.75) is 32.2 Å². The topological polar surface area (TPSA) is 55.1 Å². The van der Waals surface area contributed by atoms with E-state index in [1.807, 2.05) is 26.0 Å². The van der Waals surface area contributed by atoms with E-state index in [1.165, 1.54) is 11.1 Å². The third-order valence-electron chi connectivity index (χ3n) is 4.16. The predicted octanol–water partition coefficient (Wildman–Crippen LogP) is 3.31. The van der Waals surface area contributed by atoms with Crippen LogP contribution in [0.15, 0.2) is 60.7 Å². The van der Waals surface area contributed by atoms with Crippen molar-refractivity contribution in [3.63, 3.8) is 0 Å². The van der Waals surface area contributed by atoms with Gasteiger partial charge in [-0.25, -0.2) is 0 Å². The molecule has 2 aromatic rings. The number of carbonyl (C=O) groups excluding carboxylic acids is 1. The van der Waals surface area contributed by atoms with Crippen LogP contribution < -0.4 is 11.1 Å². The molecule has 0 aliphatic heterocycles. The Kier molecular flexibility index (Phi) is 6.36. The highest BCUT2D eigenvalue weighted by Crippen LogP contribution is 2.27. The van der Waals surface area contributed by atoms with Crippen LogP contribution in [0.5, 0.6) is 0 Å². The van der Waals surface area contributed by atoms with Gasteiger partial charge >= 0.3 is 0 Å². The van der Waals surface area contributed by atoms with Crippen molar-refractivity contribution in [3.8, 4) is 0 Å². The van der Waals surface area contributed by atoms with Crippen molar-refractivity contribution < 1.29 is 4.79 Å². The van der Waals surface area contributed by atoms with Crippen molar-refractivity contribution in [1.82, 2.24) is 5.32 Å². The highest BCUT2D eigenvalue weighted by atomic mass is 16.2. The van der Waals surface area contributed by atoms with Gasteiger partial charge in [0.25, 0.3) is 0 Å². The number of rotatable bonds is 7. The molecule has 2 aromatic carbocycles. The SMILES string of the molecule is CC(C)[C@H](N)C(=O)NCCC(c1ccccc1)c1ccccc1. The zero-order valence-electron chi connectivity index (χ0n) is 13.9. The molecular weight excluding hydrogens is 284 g/mol. The van der Waals surface area contributed by atoms with Crippen LogP contribution in [0.25, 0.3) is 0 Å². The van der Waals surface area contributed by atoms with Crippen LogP contribution in [0.3, 0.4) is 0 Å². The lowest BCUT2D eigenvalue weighted by atomic mass is 9.88. The molecular formula is C20H26N2O. The molecule has 0 unspecified atom stereocenters. The molecule has 0 saturated carbocycles. The van der Waals surface area contributed by atoms with E-state index in [0.717, 1.165) is 6.42 Å². The number of carbonyl (C=O) groups is 1. The summed E-state index contributed by atoms with van der Waals surface area (Å²) in [5, 5.41) is 2.97. The Morgan fingerprint density at radius 2 is 1.43 bits per heavy atom. The van der Waals surface area contributed by atoms with Gasteiger partial charge in [0.05, 0.1) is 6.04 Å².